The predicted molar refractivity (Wildman–Crippen MR) is 62.7 cm³/mol. The van der Waals surface area contributed by atoms with Crippen molar-refractivity contribution in [3.63, 3.8) is 0 Å². The van der Waals surface area contributed by atoms with Crippen LogP contribution in [0.15, 0.2) is 6.07 Å². The van der Waals surface area contributed by atoms with E-state index in [1.807, 2.05) is 25.1 Å². The Balaban J connectivity index is 3.00. The summed E-state index contributed by atoms with van der Waals surface area (Å²) in [6, 6.07) is 1.88. The van der Waals surface area contributed by atoms with E-state index in [4.69, 9.17) is 5.84 Å². The maximum absolute atomic E-state index is 5.36. The van der Waals surface area contributed by atoms with Crippen molar-refractivity contribution in [3.05, 3.63) is 11.8 Å². The Labute approximate surface area is 90.7 Å². The Morgan fingerprint density at radius 1 is 1.40 bits per heavy atom. The zero-order valence-electron chi connectivity index (χ0n) is 9.78. The molecular formula is C10H19N5. The molecule has 84 valence electrons. The summed E-state index contributed by atoms with van der Waals surface area (Å²) in [6.07, 6.45) is 0.929. The van der Waals surface area contributed by atoms with Gasteiger partial charge in [-0.15, -0.1) is 0 Å². The summed E-state index contributed by atoms with van der Waals surface area (Å²) in [5.41, 5.74) is 3.57. The van der Waals surface area contributed by atoms with E-state index >= 15 is 0 Å². The van der Waals surface area contributed by atoms with Crippen LogP contribution >= 0.6 is 0 Å². The number of nitrogens with two attached hydrogens (primary N) is 1. The van der Waals surface area contributed by atoms with Crippen LogP contribution in [0, 0.1) is 5.92 Å². The lowest BCUT2D eigenvalue weighted by Gasteiger charge is -2.13. The highest BCUT2D eigenvalue weighted by Gasteiger charge is 2.06. The van der Waals surface area contributed by atoms with Crippen LogP contribution in [-0.4, -0.2) is 24.1 Å². The second-order valence-corrected chi connectivity index (χ2v) is 4.18. The number of nitrogen functional groups attached to an aromatic ring is 1. The average Bonchev–Trinajstić information content (AvgIpc) is 2.16. The average molecular weight is 209 g/mol. The van der Waals surface area contributed by atoms with Crippen LogP contribution in [0.3, 0.4) is 0 Å². The topological polar surface area (TPSA) is 67.1 Å². The van der Waals surface area contributed by atoms with E-state index in [1.54, 1.807) is 0 Å². The summed E-state index contributed by atoms with van der Waals surface area (Å²) in [7, 11) is 3.82. The molecule has 0 atom stereocenters. The van der Waals surface area contributed by atoms with Crippen LogP contribution in [0.25, 0.3) is 0 Å². The van der Waals surface area contributed by atoms with Crippen LogP contribution in [-0.2, 0) is 6.42 Å². The molecule has 3 N–H and O–H groups in total. The molecule has 0 radical (unpaired) electrons. The summed E-state index contributed by atoms with van der Waals surface area (Å²) < 4.78 is 0. The number of aromatic nitrogens is 2. The van der Waals surface area contributed by atoms with Crippen molar-refractivity contribution < 1.29 is 0 Å². The smallest absolute Gasteiger partial charge is 0.227 e. The Hall–Kier alpha value is -1.36. The summed E-state index contributed by atoms with van der Waals surface area (Å²) in [5, 5.41) is 0. The summed E-state index contributed by atoms with van der Waals surface area (Å²) >= 11 is 0. The van der Waals surface area contributed by atoms with Crippen molar-refractivity contribution in [2.24, 2.45) is 11.8 Å². The molecule has 0 saturated heterocycles. The zero-order valence-corrected chi connectivity index (χ0v) is 9.78. The normalized spacial score (nSPS) is 10.5. The molecule has 0 fully saturated rings. The van der Waals surface area contributed by atoms with Gasteiger partial charge in [-0.25, -0.2) is 10.8 Å². The number of rotatable bonds is 4. The minimum Gasteiger partial charge on any atom is -0.347 e. The van der Waals surface area contributed by atoms with E-state index in [2.05, 4.69) is 29.2 Å². The fraction of sp³-hybridized carbons (Fsp3) is 0.600. The van der Waals surface area contributed by atoms with E-state index in [1.165, 1.54) is 0 Å². The first kappa shape index (κ1) is 11.7. The van der Waals surface area contributed by atoms with Crippen LogP contribution in [0.4, 0.5) is 11.8 Å². The zero-order chi connectivity index (χ0) is 11.4. The van der Waals surface area contributed by atoms with E-state index in [0.717, 1.165) is 12.1 Å². The first-order valence-corrected chi connectivity index (χ1v) is 5.04. The highest BCUT2D eigenvalue weighted by atomic mass is 15.3. The second-order valence-electron chi connectivity index (χ2n) is 4.18. The second kappa shape index (κ2) is 4.93. The van der Waals surface area contributed by atoms with Crippen molar-refractivity contribution in [3.8, 4) is 0 Å². The molecule has 0 unspecified atom stereocenters. The molecule has 0 aromatic carbocycles. The lowest BCUT2D eigenvalue weighted by atomic mass is 10.1. The van der Waals surface area contributed by atoms with Crippen molar-refractivity contribution in [1.29, 1.82) is 0 Å². The Morgan fingerprint density at radius 2 is 2.07 bits per heavy atom. The van der Waals surface area contributed by atoms with E-state index in [-0.39, 0.29) is 0 Å². The van der Waals surface area contributed by atoms with Gasteiger partial charge in [0.25, 0.3) is 0 Å². The molecule has 0 aliphatic heterocycles. The standard InChI is InChI=1S/C10H19N5/c1-7(2)5-8-6-9(14-11)13-10(12-8)15(3)4/h6-7H,5,11H2,1-4H3,(H,12,13,14). The number of nitrogens with zero attached hydrogens (tertiary/aromatic N) is 3. The van der Waals surface area contributed by atoms with Crippen LogP contribution < -0.4 is 16.2 Å². The third-order valence-corrected chi connectivity index (χ3v) is 1.93. The first-order valence-electron chi connectivity index (χ1n) is 5.04. The molecule has 1 aromatic heterocycles. The van der Waals surface area contributed by atoms with Gasteiger partial charge in [-0.1, -0.05) is 13.8 Å². The van der Waals surface area contributed by atoms with E-state index < -0.39 is 0 Å². The fourth-order valence-electron chi connectivity index (χ4n) is 1.28. The lowest BCUT2D eigenvalue weighted by Crippen LogP contribution is -2.17. The van der Waals surface area contributed by atoms with Crippen molar-refractivity contribution in [2.45, 2.75) is 20.3 Å². The fourth-order valence-corrected chi connectivity index (χ4v) is 1.28. The van der Waals surface area contributed by atoms with Crippen molar-refractivity contribution in [2.75, 3.05) is 24.4 Å². The summed E-state index contributed by atoms with van der Waals surface area (Å²) in [6.45, 7) is 4.32. The molecule has 0 spiro atoms. The molecular weight excluding hydrogens is 190 g/mol. The third-order valence-electron chi connectivity index (χ3n) is 1.93. The molecule has 0 aliphatic rings. The van der Waals surface area contributed by atoms with Gasteiger partial charge in [-0.2, -0.15) is 4.98 Å². The van der Waals surface area contributed by atoms with Gasteiger partial charge in [-0.05, 0) is 12.3 Å². The Bertz CT molecular complexity index is 322. The molecule has 1 aromatic rings. The number of nitrogens with one attached hydrogen (secondary N) is 1. The summed E-state index contributed by atoms with van der Waals surface area (Å²) in [5.74, 6) is 7.27. The molecule has 1 heterocycles. The van der Waals surface area contributed by atoms with Gasteiger partial charge in [0.1, 0.15) is 5.82 Å². The predicted octanol–water partition coefficient (Wildman–Crippen LogP) is 1.03. The molecule has 5 heteroatoms. The molecule has 0 bridgehead atoms. The van der Waals surface area contributed by atoms with Crippen LogP contribution in [0.1, 0.15) is 19.5 Å². The van der Waals surface area contributed by atoms with Gasteiger partial charge >= 0.3 is 0 Å². The van der Waals surface area contributed by atoms with E-state index in [9.17, 15) is 0 Å². The first-order chi connectivity index (χ1) is 7.02. The van der Waals surface area contributed by atoms with Gasteiger partial charge in [0.2, 0.25) is 5.95 Å². The number of anilines is 2. The van der Waals surface area contributed by atoms with Gasteiger partial charge < -0.3 is 10.3 Å². The van der Waals surface area contributed by atoms with Gasteiger partial charge in [0.15, 0.2) is 0 Å². The maximum atomic E-state index is 5.36. The molecule has 1 rings (SSSR count). The van der Waals surface area contributed by atoms with Gasteiger partial charge in [0, 0.05) is 25.9 Å². The van der Waals surface area contributed by atoms with Gasteiger partial charge in [-0.3, -0.25) is 0 Å². The van der Waals surface area contributed by atoms with E-state index in [0.29, 0.717) is 17.7 Å². The van der Waals surface area contributed by atoms with Crippen LogP contribution in [0.5, 0.6) is 0 Å². The third kappa shape index (κ3) is 3.36. The monoisotopic (exact) mass is 209 g/mol. The summed E-state index contributed by atoms with van der Waals surface area (Å²) in [4.78, 5) is 10.5. The molecule has 0 amide bonds. The van der Waals surface area contributed by atoms with Gasteiger partial charge in [0.05, 0.1) is 0 Å². The molecule has 0 saturated carbocycles. The maximum Gasteiger partial charge on any atom is 0.227 e. The Morgan fingerprint density at radius 3 is 2.53 bits per heavy atom. The van der Waals surface area contributed by atoms with Crippen molar-refractivity contribution >= 4 is 11.8 Å². The van der Waals surface area contributed by atoms with Crippen molar-refractivity contribution in [1.82, 2.24) is 9.97 Å². The molecule has 5 nitrogen and oxygen atoms in total. The quantitative estimate of drug-likeness (QED) is 0.572. The Kier molecular flexibility index (Phi) is 3.85. The minimum absolute atomic E-state index is 0.570. The molecule has 0 aliphatic carbocycles. The number of hydrazine groups is 1. The molecule has 15 heavy (non-hydrogen) atoms. The lowest BCUT2D eigenvalue weighted by molar-refractivity contribution is 0.634. The van der Waals surface area contributed by atoms with Crippen LogP contribution in [0.2, 0.25) is 0 Å². The number of hydrogen-bond acceptors (Lipinski definition) is 5. The highest BCUT2D eigenvalue weighted by Crippen LogP contribution is 2.14. The highest BCUT2D eigenvalue weighted by molar-refractivity contribution is 5.42. The largest absolute Gasteiger partial charge is 0.347 e. The SMILES string of the molecule is CC(C)Cc1cc(NN)nc(N(C)C)n1. The minimum atomic E-state index is 0.570. The number of hydrogen-bond donors (Lipinski definition) is 2.